The quantitative estimate of drug-likeness (QED) is 0.140. The Morgan fingerprint density at radius 2 is 0.840 bits per heavy atom. The van der Waals surface area contributed by atoms with Crippen LogP contribution in [0.5, 0.6) is 0 Å². The lowest BCUT2D eigenvalue weighted by molar-refractivity contribution is -0.144. The molecule has 0 amide bonds. The maximum absolute atomic E-state index is 13.9. The molecule has 1 fully saturated rings. The molecular weight excluding hydrogens is 724 g/mol. The van der Waals surface area contributed by atoms with Crippen molar-refractivity contribution in [2.45, 2.75) is 37.7 Å². The molecule has 0 heterocycles. The van der Waals surface area contributed by atoms with E-state index in [4.69, 9.17) is 0 Å². The van der Waals surface area contributed by atoms with E-state index in [1.54, 1.807) is 31.4 Å². The fourth-order valence-electron chi connectivity index (χ4n) is 5.27. The minimum Gasteiger partial charge on any atom is -0.285 e. The van der Waals surface area contributed by atoms with Crippen molar-refractivity contribution >= 4 is 37.2 Å². The highest BCUT2D eigenvalue weighted by Crippen LogP contribution is 2.57. The zero-order valence-corrected chi connectivity index (χ0v) is 27.3. The van der Waals surface area contributed by atoms with E-state index >= 15 is 0 Å². The van der Waals surface area contributed by atoms with Gasteiger partial charge in [0.1, 0.15) is 0 Å². The third-order valence-electron chi connectivity index (χ3n) is 7.55. The number of hydrogen-bond donors (Lipinski definition) is 1. The summed E-state index contributed by atoms with van der Waals surface area (Å²) in [5.74, 6) is 0.502. The minimum atomic E-state index is -5.33. The van der Waals surface area contributed by atoms with E-state index in [9.17, 15) is 52.7 Å². The summed E-state index contributed by atoms with van der Waals surface area (Å²) in [5.41, 5.74) is -6.35. The van der Waals surface area contributed by atoms with Gasteiger partial charge in [-0.1, -0.05) is 60.7 Å². The van der Waals surface area contributed by atoms with Crippen LogP contribution < -0.4 is 26.3 Å². The van der Waals surface area contributed by atoms with Crippen LogP contribution in [0.2, 0.25) is 0 Å². The highest BCUT2D eigenvalue weighted by atomic mass is 31.1. The van der Waals surface area contributed by atoms with Gasteiger partial charge in [-0.2, -0.15) is 52.7 Å². The first-order valence-electron chi connectivity index (χ1n) is 14.5. The van der Waals surface area contributed by atoms with Crippen molar-refractivity contribution in [2.24, 2.45) is 0 Å². The average Bonchev–Trinajstić information content (AvgIpc) is 3.52. The number of nitrogens with one attached hydrogen (secondary N) is 1. The second-order valence-corrected chi connectivity index (χ2v) is 15.2. The third kappa shape index (κ3) is 8.83. The van der Waals surface area contributed by atoms with Crippen molar-refractivity contribution in [3.05, 3.63) is 150 Å². The van der Waals surface area contributed by atoms with Gasteiger partial charge in [0.25, 0.3) is 0 Å². The molecular formula is C35H24F12NP2. The Labute approximate surface area is 282 Å². The summed E-state index contributed by atoms with van der Waals surface area (Å²) >= 11 is 0. The summed E-state index contributed by atoms with van der Waals surface area (Å²) in [5, 5.41) is 3.09. The lowest BCUT2D eigenvalue weighted by Gasteiger charge is -2.35. The van der Waals surface area contributed by atoms with Crippen molar-refractivity contribution in [1.82, 2.24) is 5.09 Å². The zero-order valence-electron chi connectivity index (χ0n) is 25.5. The van der Waals surface area contributed by atoms with Crippen LogP contribution in [0.25, 0.3) is 0 Å². The molecule has 15 heteroatoms. The number of rotatable bonds is 8. The molecule has 4 aromatic rings. The van der Waals surface area contributed by atoms with Crippen LogP contribution in [0.3, 0.4) is 0 Å². The van der Waals surface area contributed by atoms with Crippen LogP contribution >= 0.6 is 16.0 Å². The first kappa shape index (κ1) is 38.1. The van der Waals surface area contributed by atoms with E-state index in [1.807, 2.05) is 48.5 Å². The molecule has 1 aliphatic carbocycles. The van der Waals surface area contributed by atoms with Crippen molar-refractivity contribution in [3.8, 4) is 0 Å². The Bertz CT molecular complexity index is 1570. The van der Waals surface area contributed by atoms with E-state index in [0.717, 1.165) is 10.6 Å². The van der Waals surface area contributed by atoms with Gasteiger partial charge in [0.05, 0.1) is 22.3 Å². The van der Waals surface area contributed by atoms with Crippen LogP contribution in [-0.2, 0) is 24.7 Å². The van der Waals surface area contributed by atoms with E-state index in [1.165, 1.54) is 6.92 Å². The van der Waals surface area contributed by atoms with Gasteiger partial charge in [-0.25, -0.2) is 0 Å². The topological polar surface area (TPSA) is 12.0 Å². The Morgan fingerprint density at radius 3 is 1.18 bits per heavy atom. The third-order valence-corrected chi connectivity index (χ3v) is 12.3. The van der Waals surface area contributed by atoms with Crippen LogP contribution in [0.1, 0.15) is 29.2 Å². The predicted octanol–water partition coefficient (Wildman–Crippen LogP) is 9.95. The predicted molar refractivity (Wildman–Crippen MR) is 170 cm³/mol. The van der Waals surface area contributed by atoms with E-state index in [0.29, 0.717) is 35.8 Å². The van der Waals surface area contributed by atoms with Gasteiger partial charge in [0, 0.05) is 25.7 Å². The standard InChI is InChI=1S/C35H24F12NP2/c1-21(30-13-8-14-31(30)49(26-9-4-2-5-10-26)27-11-6-3-7-12-27)48-50(28-17-22(32(36,37)38)15-23(18-28)33(39,40)41)29-19-24(34(42,43)44)16-25(20-29)35(45,46)47/h2-21,48H,1H3/t21-/m0/s1. The molecule has 50 heavy (non-hydrogen) atoms. The van der Waals surface area contributed by atoms with Gasteiger partial charge in [-0.3, -0.25) is 5.09 Å². The molecule has 0 aromatic heterocycles. The first-order chi connectivity index (χ1) is 23.2. The molecule has 0 aliphatic heterocycles. The minimum absolute atomic E-state index is 0.157. The van der Waals surface area contributed by atoms with Gasteiger partial charge in [-0.05, 0) is 91.7 Å². The van der Waals surface area contributed by atoms with Gasteiger partial charge >= 0.3 is 24.7 Å². The zero-order chi connectivity index (χ0) is 36.6. The molecule has 4 aromatic carbocycles. The first-order valence-corrected chi connectivity index (χ1v) is 17.2. The molecule has 0 unspecified atom stereocenters. The summed E-state index contributed by atoms with van der Waals surface area (Å²) in [6.45, 7) is 1.49. The van der Waals surface area contributed by atoms with Gasteiger partial charge in [0.15, 0.2) is 0 Å². The Hall–Kier alpha value is -3.14. The van der Waals surface area contributed by atoms with Gasteiger partial charge in [-0.15, -0.1) is 0 Å². The molecule has 1 saturated carbocycles. The van der Waals surface area contributed by atoms with Gasteiger partial charge < -0.3 is 0 Å². The van der Waals surface area contributed by atoms with E-state index in [2.05, 4.69) is 5.09 Å². The lowest BCUT2D eigenvalue weighted by atomic mass is 10.0. The molecule has 1 nitrogen and oxygen atoms in total. The average molecular weight is 749 g/mol. The van der Waals surface area contributed by atoms with Crippen LogP contribution in [0.15, 0.2) is 97.1 Å². The van der Waals surface area contributed by atoms with Crippen LogP contribution in [0, 0.1) is 30.8 Å². The summed E-state index contributed by atoms with van der Waals surface area (Å²) in [6, 6.07) is 18.4. The van der Waals surface area contributed by atoms with Crippen LogP contribution in [0.4, 0.5) is 52.7 Å². The van der Waals surface area contributed by atoms with Crippen molar-refractivity contribution in [1.29, 1.82) is 0 Å². The van der Waals surface area contributed by atoms with Gasteiger partial charge in [0.2, 0.25) is 0 Å². The fourth-order valence-corrected chi connectivity index (χ4v) is 10.0. The number of benzene rings is 4. The SMILES string of the molecule is C[C@H](NP(c1cc(C(F)(F)F)cc(C(F)(F)F)c1)c1cc(C(F)(F)F)cc(C(F)(F)F)c1)[C]1[CH][CH][CH][C]1P(c1ccccc1)c1ccccc1. The lowest BCUT2D eigenvalue weighted by Crippen LogP contribution is -2.37. The summed E-state index contributed by atoms with van der Waals surface area (Å²) in [7, 11) is -4.24. The van der Waals surface area contributed by atoms with Crippen molar-refractivity contribution in [3.63, 3.8) is 0 Å². The van der Waals surface area contributed by atoms with E-state index in [-0.39, 0.29) is 12.1 Å². The van der Waals surface area contributed by atoms with Crippen molar-refractivity contribution in [2.75, 3.05) is 0 Å². The molecule has 0 bridgehead atoms. The number of alkyl halides is 12. The maximum atomic E-state index is 13.9. The van der Waals surface area contributed by atoms with E-state index < -0.39 is 79.6 Å². The largest absolute Gasteiger partial charge is 0.416 e. The van der Waals surface area contributed by atoms with Crippen molar-refractivity contribution < 1.29 is 52.7 Å². The molecule has 0 spiro atoms. The second-order valence-electron chi connectivity index (χ2n) is 11.1. The second kappa shape index (κ2) is 14.5. The molecule has 5 radical (unpaired) electrons. The molecule has 0 saturated heterocycles. The normalized spacial score (nSPS) is 16.1. The monoisotopic (exact) mass is 748 g/mol. The van der Waals surface area contributed by atoms with Crippen LogP contribution in [-0.4, -0.2) is 6.04 Å². The number of hydrogen-bond acceptors (Lipinski definition) is 1. The molecule has 263 valence electrons. The molecule has 1 atom stereocenters. The highest BCUT2D eigenvalue weighted by molar-refractivity contribution is 7.76. The molecule has 1 N–H and O–H groups in total. The molecule has 5 rings (SSSR count). The highest BCUT2D eigenvalue weighted by Gasteiger charge is 2.43. The Morgan fingerprint density at radius 1 is 0.480 bits per heavy atom. The molecule has 1 aliphatic rings. The summed E-state index contributed by atoms with van der Waals surface area (Å²) in [4.78, 5) is 0. The summed E-state index contributed by atoms with van der Waals surface area (Å²) in [6.07, 6.45) is -16.2. The maximum Gasteiger partial charge on any atom is 0.416 e. The fraction of sp³-hybridized carbons (Fsp3) is 0.171. The Balaban J connectivity index is 1.66. The smallest absolute Gasteiger partial charge is 0.285 e. The number of halogens is 12. The summed E-state index contributed by atoms with van der Waals surface area (Å²) < 4.78 is 167. The Kier molecular flexibility index (Phi) is 11.0.